The van der Waals surface area contributed by atoms with Crippen molar-refractivity contribution in [1.82, 2.24) is 20.3 Å². The Morgan fingerprint density at radius 3 is 2.30 bits per heavy atom. The molecule has 0 bridgehead atoms. The first-order chi connectivity index (χ1) is 14.0. The van der Waals surface area contributed by atoms with Gasteiger partial charge in [0.25, 0.3) is 0 Å². The van der Waals surface area contributed by atoms with Crippen molar-refractivity contribution in [3.63, 3.8) is 0 Å². The summed E-state index contributed by atoms with van der Waals surface area (Å²) in [6, 6.07) is 0. The minimum absolute atomic E-state index is 0.0815. The number of carbonyl (C=O) groups excluding carboxylic acids is 2. The normalized spacial score (nSPS) is 11.9. The van der Waals surface area contributed by atoms with Crippen LogP contribution >= 0.6 is 0 Å². The van der Waals surface area contributed by atoms with E-state index in [0.717, 1.165) is 0 Å². The van der Waals surface area contributed by atoms with Crippen molar-refractivity contribution < 1.29 is 28.5 Å². The highest BCUT2D eigenvalue weighted by atomic mass is 16.6. The van der Waals surface area contributed by atoms with Crippen LogP contribution in [-0.4, -0.2) is 66.7 Å². The Labute approximate surface area is 178 Å². The third-order valence-electron chi connectivity index (χ3n) is 3.53. The molecule has 172 valence electrons. The molecule has 1 amide bonds. The third-order valence-corrected chi connectivity index (χ3v) is 3.53. The van der Waals surface area contributed by atoms with Crippen molar-refractivity contribution in [2.24, 2.45) is 10.8 Å². The summed E-state index contributed by atoms with van der Waals surface area (Å²) in [5, 5.41) is 10.6. The second kappa shape index (κ2) is 12.5. The summed E-state index contributed by atoms with van der Waals surface area (Å²) in [7, 11) is 0. The molecule has 1 N–H and O–H groups in total. The summed E-state index contributed by atoms with van der Waals surface area (Å²) in [5.41, 5.74) is 0.172. The van der Waals surface area contributed by atoms with Gasteiger partial charge in [-0.2, -0.15) is 0 Å². The van der Waals surface area contributed by atoms with E-state index in [1.807, 2.05) is 0 Å². The minimum atomic E-state index is -0.531. The van der Waals surface area contributed by atoms with Gasteiger partial charge in [0, 0.05) is 0 Å². The SMILES string of the molecule is CC(C)(C)COCCOC(=O)NCc1cn(CCOCCOC(=O)C(C)(C)C)nn1. The summed E-state index contributed by atoms with van der Waals surface area (Å²) in [4.78, 5) is 23.3. The van der Waals surface area contributed by atoms with E-state index in [2.05, 4.69) is 36.4 Å². The van der Waals surface area contributed by atoms with Gasteiger partial charge in [0.15, 0.2) is 0 Å². The number of rotatable bonds is 12. The van der Waals surface area contributed by atoms with E-state index in [4.69, 9.17) is 18.9 Å². The van der Waals surface area contributed by atoms with Crippen LogP contribution in [0.15, 0.2) is 6.20 Å². The van der Waals surface area contributed by atoms with Gasteiger partial charge in [-0.15, -0.1) is 5.10 Å². The van der Waals surface area contributed by atoms with E-state index in [-0.39, 0.29) is 31.1 Å². The number of nitrogens with one attached hydrogen (secondary N) is 1. The van der Waals surface area contributed by atoms with Crippen molar-refractivity contribution in [3.05, 3.63) is 11.9 Å². The molecule has 0 saturated carbocycles. The number of nitrogens with zero attached hydrogens (tertiary/aromatic N) is 3. The number of amides is 1. The average Bonchev–Trinajstić information content (AvgIpc) is 3.08. The quantitative estimate of drug-likeness (QED) is 0.398. The summed E-state index contributed by atoms with van der Waals surface area (Å²) in [6.45, 7) is 14.4. The topological polar surface area (TPSA) is 114 Å². The first kappa shape index (κ1) is 25.8. The number of hydrogen-bond acceptors (Lipinski definition) is 8. The van der Waals surface area contributed by atoms with Crippen LogP contribution in [0, 0.1) is 10.8 Å². The molecule has 0 aromatic carbocycles. The molecule has 30 heavy (non-hydrogen) atoms. The van der Waals surface area contributed by atoms with Gasteiger partial charge in [-0.3, -0.25) is 4.79 Å². The molecule has 1 aromatic rings. The molecule has 1 heterocycles. The molecule has 10 nitrogen and oxygen atoms in total. The number of carbonyl (C=O) groups is 2. The third kappa shape index (κ3) is 12.4. The molecule has 0 atom stereocenters. The zero-order valence-corrected chi connectivity index (χ0v) is 19.0. The van der Waals surface area contributed by atoms with Crippen LogP contribution in [0.25, 0.3) is 0 Å². The van der Waals surface area contributed by atoms with Gasteiger partial charge in [0.1, 0.15) is 18.9 Å². The fourth-order valence-electron chi connectivity index (χ4n) is 1.98. The molecule has 0 radical (unpaired) electrons. The maximum absolute atomic E-state index is 11.7. The molecule has 0 fully saturated rings. The second-order valence-corrected chi connectivity index (χ2v) is 9.07. The number of ether oxygens (including phenoxy) is 4. The van der Waals surface area contributed by atoms with Crippen LogP contribution in [0.1, 0.15) is 47.2 Å². The van der Waals surface area contributed by atoms with Gasteiger partial charge in [0.05, 0.1) is 51.1 Å². The molecule has 0 aliphatic heterocycles. The Bertz CT molecular complexity index is 648. The number of hydrogen-bond donors (Lipinski definition) is 1. The molecule has 1 aromatic heterocycles. The van der Waals surface area contributed by atoms with E-state index >= 15 is 0 Å². The summed E-state index contributed by atoms with van der Waals surface area (Å²) in [6.07, 6.45) is 1.19. The van der Waals surface area contributed by atoms with Crippen molar-refractivity contribution >= 4 is 12.1 Å². The molecule has 1 rings (SSSR count). The van der Waals surface area contributed by atoms with Crippen molar-refractivity contribution in [2.75, 3.05) is 39.6 Å². The fraction of sp³-hybridized carbons (Fsp3) is 0.800. The van der Waals surface area contributed by atoms with Gasteiger partial charge in [-0.05, 0) is 26.2 Å². The van der Waals surface area contributed by atoms with Crippen LogP contribution in [0.3, 0.4) is 0 Å². The molecule has 0 aliphatic carbocycles. The fourth-order valence-corrected chi connectivity index (χ4v) is 1.98. The lowest BCUT2D eigenvalue weighted by Gasteiger charge is -2.17. The molecular weight excluding hydrogens is 392 g/mol. The Kier molecular flexibility index (Phi) is 10.8. The van der Waals surface area contributed by atoms with E-state index in [9.17, 15) is 9.59 Å². The lowest BCUT2D eigenvalue weighted by atomic mass is 9.97. The second-order valence-electron chi connectivity index (χ2n) is 9.07. The summed E-state index contributed by atoms with van der Waals surface area (Å²) >= 11 is 0. The Balaban J connectivity index is 2.10. The molecule has 0 unspecified atom stereocenters. The molecule has 0 saturated heterocycles. The van der Waals surface area contributed by atoms with Gasteiger partial charge >= 0.3 is 12.1 Å². The van der Waals surface area contributed by atoms with E-state index in [1.54, 1.807) is 31.6 Å². The lowest BCUT2D eigenvalue weighted by molar-refractivity contribution is -0.154. The summed E-state index contributed by atoms with van der Waals surface area (Å²) < 4.78 is 22.6. The zero-order valence-electron chi connectivity index (χ0n) is 19.0. The standard InChI is InChI=1S/C20H36N4O6/c1-19(2,3)15-28-10-12-30-18(26)21-13-16-14-24(23-22-16)7-8-27-9-11-29-17(25)20(4,5)6/h14H,7-13,15H2,1-6H3,(H,21,26). The number of aromatic nitrogens is 3. The highest BCUT2D eigenvalue weighted by Gasteiger charge is 2.22. The predicted molar refractivity (Wildman–Crippen MR) is 110 cm³/mol. The van der Waals surface area contributed by atoms with Gasteiger partial charge in [0.2, 0.25) is 0 Å². The maximum atomic E-state index is 11.7. The summed E-state index contributed by atoms with van der Waals surface area (Å²) in [5.74, 6) is -0.254. The predicted octanol–water partition coefficient (Wildman–Crippen LogP) is 2.17. The Morgan fingerprint density at radius 1 is 0.967 bits per heavy atom. The van der Waals surface area contributed by atoms with Crippen molar-refractivity contribution in [3.8, 4) is 0 Å². The van der Waals surface area contributed by atoms with Crippen LogP contribution in [0.2, 0.25) is 0 Å². The van der Waals surface area contributed by atoms with Crippen molar-refractivity contribution in [2.45, 2.75) is 54.6 Å². The molecule has 0 aliphatic rings. The first-order valence-corrected chi connectivity index (χ1v) is 10.1. The van der Waals surface area contributed by atoms with E-state index in [0.29, 0.717) is 38.7 Å². The van der Waals surface area contributed by atoms with Gasteiger partial charge in [-0.25, -0.2) is 9.48 Å². The highest BCUT2D eigenvalue weighted by molar-refractivity contribution is 5.75. The Morgan fingerprint density at radius 2 is 1.63 bits per heavy atom. The zero-order chi connectivity index (χ0) is 22.6. The minimum Gasteiger partial charge on any atom is -0.463 e. The maximum Gasteiger partial charge on any atom is 0.407 e. The monoisotopic (exact) mass is 428 g/mol. The molecular formula is C20H36N4O6. The van der Waals surface area contributed by atoms with E-state index < -0.39 is 11.5 Å². The van der Waals surface area contributed by atoms with Crippen molar-refractivity contribution in [1.29, 1.82) is 0 Å². The first-order valence-electron chi connectivity index (χ1n) is 10.1. The Hall–Kier alpha value is -2.20. The van der Waals surface area contributed by atoms with Crippen LogP contribution in [-0.2, 0) is 36.8 Å². The largest absolute Gasteiger partial charge is 0.463 e. The van der Waals surface area contributed by atoms with Gasteiger partial charge in [-0.1, -0.05) is 26.0 Å². The van der Waals surface area contributed by atoms with E-state index in [1.165, 1.54) is 0 Å². The average molecular weight is 429 g/mol. The molecule has 0 spiro atoms. The van der Waals surface area contributed by atoms with Crippen LogP contribution in [0.5, 0.6) is 0 Å². The molecule has 10 heteroatoms. The number of esters is 1. The lowest BCUT2D eigenvalue weighted by Crippen LogP contribution is -2.26. The van der Waals surface area contributed by atoms with Crippen LogP contribution in [0.4, 0.5) is 4.79 Å². The smallest absolute Gasteiger partial charge is 0.407 e. The van der Waals surface area contributed by atoms with Gasteiger partial charge < -0.3 is 24.3 Å². The number of alkyl carbamates (subject to hydrolysis) is 1. The highest BCUT2D eigenvalue weighted by Crippen LogP contribution is 2.14. The van der Waals surface area contributed by atoms with Crippen LogP contribution < -0.4 is 5.32 Å².